The molecule has 4 heterocycles. The van der Waals surface area contributed by atoms with E-state index in [1.807, 2.05) is 18.2 Å². The summed E-state index contributed by atoms with van der Waals surface area (Å²) >= 11 is 0. The lowest BCUT2D eigenvalue weighted by molar-refractivity contribution is -0.129. The van der Waals surface area contributed by atoms with Crippen LogP contribution in [0.3, 0.4) is 0 Å². The smallest absolute Gasteiger partial charge is 0.224 e. The summed E-state index contributed by atoms with van der Waals surface area (Å²) < 4.78 is 5.15. The molecule has 0 saturated carbocycles. The number of aromatic nitrogens is 1. The average molecular weight is 297 g/mol. The Bertz CT molecular complexity index is 641. The number of carbonyl (C=O) groups excluding carboxylic acids is 1. The summed E-state index contributed by atoms with van der Waals surface area (Å²) in [6.07, 6.45) is 8.75. The van der Waals surface area contributed by atoms with Crippen LogP contribution in [0.15, 0.2) is 47.5 Å². The Labute approximate surface area is 129 Å². The molecule has 1 amide bonds. The molecule has 2 fully saturated rings. The summed E-state index contributed by atoms with van der Waals surface area (Å²) in [5.41, 5.74) is 2.33. The standard InChI is InChI=1S/C17H19N3O2/c21-17-9-16-15(20(17)11-13-1-5-18-6-2-13)3-7-19(16)10-14-4-8-22-12-14/h1-2,4-6,8,12,15-16H,3,7,9-11H2/t15-,16+/m0/s1. The molecule has 5 nitrogen and oxygen atoms in total. The molecule has 0 radical (unpaired) electrons. The van der Waals surface area contributed by atoms with Gasteiger partial charge in [-0.15, -0.1) is 0 Å². The molecule has 2 aliphatic rings. The van der Waals surface area contributed by atoms with Crippen molar-refractivity contribution >= 4 is 5.91 Å². The molecule has 0 bridgehead atoms. The van der Waals surface area contributed by atoms with Gasteiger partial charge in [0.2, 0.25) is 5.91 Å². The molecule has 2 aromatic heterocycles. The van der Waals surface area contributed by atoms with Crippen molar-refractivity contribution in [1.29, 1.82) is 0 Å². The number of likely N-dealkylation sites (tertiary alicyclic amines) is 2. The number of hydrogen-bond acceptors (Lipinski definition) is 4. The van der Waals surface area contributed by atoms with Crippen molar-refractivity contribution in [3.8, 4) is 0 Å². The van der Waals surface area contributed by atoms with Crippen LogP contribution >= 0.6 is 0 Å². The Hall–Kier alpha value is -2.14. The fourth-order valence-electron chi connectivity index (χ4n) is 3.71. The molecular formula is C17H19N3O2. The minimum absolute atomic E-state index is 0.267. The van der Waals surface area contributed by atoms with Crippen molar-refractivity contribution in [3.63, 3.8) is 0 Å². The lowest BCUT2D eigenvalue weighted by Crippen LogP contribution is -2.36. The SMILES string of the molecule is O=C1C[C@@H]2[C@H](CCN2Cc2ccoc2)N1Cc1ccncc1. The van der Waals surface area contributed by atoms with Crippen molar-refractivity contribution in [2.45, 2.75) is 38.0 Å². The summed E-state index contributed by atoms with van der Waals surface area (Å²) in [5, 5.41) is 0. The van der Waals surface area contributed by atoms with Gasteiger partial charge in [0.15, 0.2) is 0 Å². The topological polar surface area (TPSA) is 49.6 Å². The van der Waals surface area contributed by atoms with E-state index in [0.717, 1.165) is 25.1 Å². The zero-order valence-corrected chi connectivity index (χ0v) is 12.4. The van der Waals surface area contributed by atoms with E-state index in [1.54, 1.807) is 24.9 Å². The van der Waals surface area contributed by atoms with E-state index in [1.165, 1.54) is 5.56 Å². The third-order valence-electron chi connectivity index (χ3n) is 4.80. The predicted molar refractivity (Wildman–Crippen MR) is 80.7 cm³/mol. The molecule has 2 aromatic rings. The maximum atomic E-state index is 12.4. The van der Waals surface area contributed by atoms with Gasteiger partial charge in [0.25, 0.3) is 0 Å². The molecule has 114 valence electrons. The van der Waals surface area contributed by atoms with Crippen LogP contribution in [-0.4, -0.2) is 39.3 Å². The van der Waals surface area contributed by atoms with Crippen molar-refractivity contribution < 1.29 is 9.21 Å². The first-order valence-corrected chi connectivity index (χ1v) is 7.75. The maximum Gasteiger partial charge on any atom is 0.224 e. The summed E-state index contributed by atoms with van der Waals surface area (Å²) in [4.78, 5) is 20.9. The highest BCUT2D eigenvalue weighted by Crippen LogP contribution is 2.34. The number of amides is 1. The van der Waals surface area contributed by atoms with E-state index < -0.39 is 0 Å². The van der Waals surface area contributed by atoms with Gasteiger partial charge in [-0.2, -0.15) is 0 Å². The van der Waals surface area contributed by atoms with Crippen molar-refractivity contribution in [1.82, 2.24) is 14.8 Å². The molecule has 0 spiro atoms. The van der Waals surface area contributed by atoms with E-state index in [-0.39, 0.29) is 5.91 Å². The van der Waals surface area contributed by atoms with Crippen LogP contribution in [0.1, 0.15) is 24.0 Å². The molecule has 0 aromatic carbocycles. The fourth-order valence-corrected chi connectivity index (χ4v) is 3.71. The van der Waals surface area contributed by atoms with E-state index in [2.05, 4.69) is 14.8 Å². The van der Waals surface area contributed by atoms with E-state index in [0.29, 0.717) is 25.0 Å². The van der Waals surface area contributed by atoms with Gasteiger partial charge >= 0.3 is 0 Å². The van der Waals surface area contributed by atoms with Gasteiger partial charge in [-0.3, -0.25) is 14.7 Å². The molecule has 0 aliphatic carbocycles. The van der Waals surface area contributed by atoms with E-state index in [9.17, 15) is 4.79 Å². The Morgan fingerprint density at radius 1 is 1.14 bits per heavy atom. The Morgan fingerprint density at radius 3 is 2.77 bits per heavy atom. The van der Waals surface area contributed by atoms with Crippen LogP contribution < -0.4 is 0 Å². The average Bonchev–Trinajstić information content (AvgIpc) is 3.23. The highest BCUT2D eigenvalue weighted by atomic mass is 16.3. The molecule has 4 rings (SSSR count). The Morgan fingerprint density at radius 2 is 2.00 bits per heavy atom. The maximum absolute atomic E-state index is 12.4. The van der Waals surface area contributed by atoms with Crippen LogP contribution in [0.25, 0.3) is 0 Å². The predicted octanol–water partition coefficient (Wildman–Crippen LogP) is 2.05. The van der Waals surface area contributed by atoms with Crippen molar-refractivity contribution in [2.75, 3.05) is 6.54 Å². The second kappa shape index (κ2) is 5.57. The minimum atomic E-state index is 0.267. The van der Waals surface area contributed by atoms with Crippen LogP contribution in [0.5, 0.6) is 0 Å². The van der Waals surface area contributed by atoms with Gasteiger partial charge < -0.3 is 9.32 Å². The summed E-state index contributed by atoms with van der Waals surface area (Å²) in [6.45, 7) is 2.61. The largest absolute Gasteiger partial charge is 0.472 e. The van der Waals surface area contributed by atoms with Gasteiger partial charge in [0.1, 0.15) is 0 Å². The Balaban J connectivity index is 1.47. The molecule has 5 heteroatoms. The summed E-state index contributed by atoms with van der Waals surface area (Å²) in [6, 6.07) is 6.65. The van der Waals surface area contributed by atoms with E-state index in [4.69, 9.17) is 4.42 Å². The van der Waals surface area contributed by atoms with Gasteiger partial charge in [0.05, 0.1) is 12.5 Å². The first-order valence-electron chi connectivity index (χ1n) is 7.75. The number of carbonyl (C=O) groups is 1. The minimum Gasteiger partial charge on any atom is -0.472 e. The van der Waals surface area contributed by atoms with Gasteiger partial charge in [-0.25, -0.2) is 0 Å². The highest BCUT2D eigenvalue weighted by molar-refractivity contribution is 5.80. The van der Waals surface area contributed by atoms with Crippen LogP contribution in [0.2, 0.25) is 0 Å². The first-order chi connectivity index (χ1) is 10.8. The zero-order chi connectivity index (χ0) is 14.9. The number of pyridine rings is 1. The molecule has 22 heavy (non-hydrogen) atoms. The molecule has 2 atom stereocenters. The van der Waals surface area contributed by atoms with Crippen LogP contribution in [0, 0.1) is 0 Å². The fraction of sp³-hybridized carbons (Fsp3) is 0.412. The molecule has 0 unspecified atom stereocenters. The monoisotopic (exact) mass is 297 g/mol. The van der Waals surface area contributed by atoms with Crippen LogP contribution in [-0.2, 0) is 17.9 Å². The Kier molecular flexibility index (Phi) is 3.42. The van der Waals surface area contributed by atoms with Crippen molar-refractivity contribution in [3.05, 3.63) is 54.2 Å². The summed E-state index contributed by atoms with van der Waals surface area (Å²) in [7, 11) is 0. The first kappa shape index (κ1) is 13.5. The van der Waals surface area contributed by atoms with Crippen molar-refractivity contribution in [2.24, 2.45) is 0 Å². The van der Waals surface area contributed by atoms with E-state index >= 15 is 0 Å². The number of furan rings is 1. The van der Waals surface area contributed by atoms with Gasteiger partial charge in [-0.05, 0) is 30.2 Å². The lowest BCUT2D eigenvalue weighted by Gasteiger charge is -2.25. The molecule has 2 saturated heterocycles. The number of fused-ring (bicyclic) bond motifs is 1. The number of hydrogen-bond donors (Lipinski definition) is 0. The quantitative estimate of drug-likeness (QED) is 0.866. The second-order valence-corrected chi connectivity index (χ2v) is 6.11. The third-order valence-corrected chi connectivity index (χ3v) is 4.80. The van der Waals surface area contributed by atoms with Gasteiger partial charge in [0, 0.05) is 56.1 Å². The highest BCUT2D eigenvalue weighted by Gasteiger charge is 2.46. The zero-order valence-electron chi connectivity index (χ0n) is 12.4. The second-order valence-electron chi connectivity index (χ2n) is 6.11. The molecule has 0 N–H and O–H groups in total. The van der Waals surface area contributed by atoms with Crippen LogP contribution in [0.4, 0.5) is 0 Å². The third kappa shape index (κ3) is 2.41. The normalized spacial score (nSPS) is 24.9. The number of rotatable bonds is 4. The molecular weight excluding hydrogens is 278 g/mol. The summed E-state index contributed by atoms with van der Waals surface area (Å²) in [5.74, 6) is 0.267. The number of nitrogens with zero attached hydrogens (tertiary/aromatic N) is 3. The van der Waals surface area contributed by atoms with Gasteiger partial charge in [-0.1, -0.05) is 0 Å². The molecule has 2 aliphatic heterocycles. The lowest BCUT2D eigenvalue weighted by atomic mass is 10.1.